The number of nitrogens with one attached hydrogen (secondary N) is 1. The van der Waals surface area contributed by atoms with Crippen LogP contribution in [0.25, 0.3) is 0 Å². The molecule has 0 saturated carbocycles. The minimum absolute atomic E-state index is 0.0171. The van der Waals surface area contributed by atoms with Crippen molar-refractivity contribution >= 4 is 34.5 Å². The van der Waals surface area contributed by atoms with E-state index in [9.17, 15) is 18.0 Å². The summed E-state index contributed by atoms with van der Waals surface area (Å²) in [5.41, 5.74) is 4.43. The van der Waals surface area contributed by atoms with Crippen molar-refractivity contribution in [2.75, 3.05) is 5.32 Å². The molecule has 0 atom stereocenters. The zero-order chi connectivity index (χ0) is 15.6. The molecular formula is C13H10ClF3N2OS. The molecular weight excluding hydrogens is 325 g/mol. The molecule has 2 aromatic rings. The number of thiophene rings is 1. The van der Waals surface area contributed by atoms with Gasteiger partial charge in [0.1, 0.15) is 0 Å². The first-order chi connectivity index (χ1) is 9.79. The molecule has 0 radical (unpaired) electrons. The van der Waals surface area contributed by atoms with Gasteiger partial charge in [-0.3, -0.25) is 4.79 Å². The lowest BCUT2D eigenvalue weighted by Crippen LogP contribution is -2.11. The van der Waals surface area contributed by atoms with Gasteiger partial charge in [-0.2, -0.15) is 13.2 Å². The van der Waals surface area contributed by atoms with Crippen molar-refractivity contribution in [2.24, 2.45) is 5.73 Å². The van der Waals surface area contributed by atoms with Crippen LogP contribution < -0.4 is 11.1 Å². The third kappa shape index (κ3) is 3.68. The first-order valence-corrected chi connectivity index (χ1v) is 7.01. The first-order valence-electron chi connectivity index (χ1n) is 5.76. The molecule has 0 spiro atoms. The summed E-state index contributed by atoms with van der Waals surface area (Å²) in [6, 6.07) is 5.11. The second-order valence-corrected chi connectivity index (χ2v) is 5.58. The topological polar surface area (TPSA) is 55.1 Å². The van der Waals surface area contributed by atoms with Gasteiger partial charge in [0.2, 0.25) is 5.91 Å². The van der Waals surface area contributed by atoms with Crippen LogP contribution in [0.15, 0.2) is 29.6 Å². The van der Waals surface area contributed by atoms with Gasteiger partial charge < -0.3 is 11.1 Å². The highest BCUT2D eigenvalue weighted by Crippen LogP contribution is 2.38. The Morgan fingerprint density at radius 1 is 1.38 bits per heavy atom. The fourth-order valence-electron chi connectivity index (χ4n) is 1.72. The minimum atomic E-state index is -4.50. The summed E-state index contributed by atoms with van der Waals surface area (Å²) in [6.07, 6.45) is -4.50. The Hall–Kier alpha value is -1.73. The minimum Gasteiger partial charge on any atom is -0.378 e. The SMILES string of the molecule is NC(=O)c1csc(CNc2c(Cl)cccc2C(F)(F)F)c1. The van der Waals surface area contributed by atoms with E-state index in [-0.39, 0.29) is 17.3 Å². The summed E-state index contributed by atoms with van der Waals surface area (Å²) >= 11 is 7.05. The summed E-state index contributed by atoms with van der Waals surface area (Å²) in [7, 11) is 0. The highest BCUT2D eigenvalue weighted by atomic mass is 35.5. The highest BCUT2D eigenvalue weighted by molar-refractivity contribution is 7.10. The molecule has 1 amide bonds. The van der Waals surface area contributed by atoms with Crippen LogP contribution in [-0.2, 0) is 12.7 Å². The maximum Gasteiger partial charge on any atom is 0.418 e. The average molecular weight is 335 g/mol. The number of anilines is 1. The lowest BCUT2D eigenvalue weighted by atomic mass is 10.1. The van der Waals surface area contributed by atoms with Gasteiger partial charge in [-0.1, -0.05) is 17.7 Å². The Balaban J connectivity index is 2.21. The summed E-state index contributed by atoms with van der Waals surface area (Å²) in [6.45, 7) is 0.116. The number of hydrogen-bond acceptors (Lipinski definition) is 3. The molecule has 0 aliphatic heterocycles. The van der Waals surface area contributed by atoms with Crippen LogP contribution in [-0.4, -0.2) is 5.91 Å². The lowest BCUT2D eigenvalue weighted by molar-refractivity contribution is -0.136. The van der Waals surface area contributed by atoms with Gasteiger partial charge in [0, 0.05) is 16.8 Å². The van der Waals surface area contributed by atoms with E-state index < -0.39 is 17.6 Å². The molecule has 0 aliphatic rings. The zero-order valence-electron chi connectivity index (χ0n) is 10.5. The molecule has 1 aromatic carbocycles. The maximum absolute atomic E-state index is 12.9. The van der Waals surface area contributed by atoms with Crippen LogP contribution >= 0.6 is 22.9 Å². The molecule has 21 heavy (non-hydrogen) atoms. The van der Waals surface area contributed by atoms with E-state index in [0.717, 1.165) is 6.07 Å². The molecule has 0 bridgehead atoms. The number of benzene rings is 1. The number of primary amides is 1. The molecule has 0 saturated heterocycles. The number of amides is 1. The van der Waals surface area contributed by atoms with Crippen LogP contribution in [0.5, 0.6) is 0 Å². The third-order valence-corrected chi connectivity index (χ3v) is 3.95. The molecule has 0 aliphatic carbocycles. The predicted molar refractivity (Wildman–Crippen MR) is 76.6 cm³/mol. The monoisotopic (exact) mass is 334 g/mol. The fourth-order valence-corrected chi connectivity index (χ4v) is 2.77. The van der Waals surface area contributed by atoms with E-state index in [1.165, 1.54) is 29.5 Å². The number of alkyl halides is 3. The Morgan fingerprint density at radius 2 is 2.10 bits per heavy atom. The fraction of sp³-hybridized carbons (Fsp3) is 0.154. The van der Waals surface area contributed by atoms with E-state index >= 15 is 0 Å². The van der Waals surface area contributed by atoms with Crippen molar-refractivity contribution in [2.45, 2.75) is 12.7 Å². The number of hydrogen-bond donors (Lipinski definition) is 2. The number of nitrogens with two attached hydrogens (primary N) is 1. The summed E-state index contributed by atoms with van der Waals surface area (Å²) < 4.78 is 38.7. The van der Waals surface area contributed by atoms with Gasteiger partial charge in [-0.15, -0.1) is 11.3 Å². The van der Waals surface area contributed by atoms with E-state index in [2.05, 4.69) is 5.32 Å². The quantitative estimate of drug-likeness (QED) is 0.883. The van der Waals surface area contributed by atoms with Crippen LogP contribution in [0.1, 0.15) is 20.8 Å². The first kappa shape index (κ1) is 15.7. The zero-order valence-corrected chi connectivity index (χ0v) is 12.1. The van der Waals surface area contributed by atoms with Gasteiger partial charge in [0.15, 0.2) is 0 Å². The van der Waals surface area contributed by atoms with Crippen LogP contribution in [0.4, 0.5) is 18.9 Å². The average Bonchev–Trinajstić information content (AvgIpc) is 2.85. The Bertz CT molecular complexity index is 670. The van der Waals surface area contributed by atoms with Crippen molar-refractivity contribution < 1.29 is 18.0 Å². The Morgan fingerprint density at radius 3 is 2.67 bits per heavy atom. The molecule has 2 rings (SSSR count). The summed E-state index contributed by atoms with van der Waals surface area (Å²) in [5.74, 6) is -0.578. The van der Waals surface area contributed by atoms with Crippen molar-refractivity contribution in [3.8, 4) is 0 Å². The number of carbonyl (C=O) groups excluding carboxylic acids is 1. The Labute approximate surface area is 127 Å². The summed E-state index contributed by atoms with van der Waals surface area (Å²) in [4.78, 5) is 11.6. The van der Waals surface area contributed by atoms with Gasteiger partial charge in [0.25, 0.3) is 0 Å². The van der Waals surface area contributed by atoms with Crippen molar-refractivity contribution in [1.29, 1.82) is 0 Å². The predicted octanol–water partition coefficient (Wildman–Crippen LogP) is 4.13. The van der Waals surface area contributed by atoms with Crippen LogP contribution in [0.2, 0.25) is 5.02 Å². The third-order valence-electron chi connectivity index (χ3n) is 2.70. The molecule has 1 aromatic heterocycles. The second-order valence-electron chi connectivity index (χ2n) is 4.18. The van der Waals surface area contributed by atoms with Gasteiger partial charge in [-0.25, -0.2) is 0 Å². The van der Waals surface area contributed by atoms with E-state index in [0.29, 0.717) is 10.4 Å². The Kier molecular flexibility index (Phi) is 4.43. The molecule has 1 heterocycles. The summed E-state index contributed by atoms with van der Waals surface area (Å²) in [5, 5.41) is 4.20. The number of rotatable bonds is 4. The molecule has 3 N–H and O–H groups in total. The number of para-hydroxylation sites is 1. The van der Waals surface area contributed by atoms with Crippen LogP contribution in [0.3, 0.4) is 0 Å². The van der Waals surface area contributed by atoms with E-state index in [4.69, 9.17) is 17.3 Å². The number of halogens is 4. The van der Waals surface area contributed by atoms with E-state index in [1.54, 1.807) is 5.38 Å². The van der Waals surface area contributed by atoms with Crippen LogP contribution in [0, 0.1) is 0 Å². The second kappa shape index (κ2) is 5.95. The smallest absolute Gasteiger partial charge is 0.378 e. The van der Waals surface area contributed by atoms with Crippen molar-refractivity contribution in [3.05, 3.63) is 50.7 Å². The molecule has 8 heteroatoms. The molecule has 3 nitrogen and oxygen atoms in total. The van der Waals surface area contributed by atoms with Gasteiger partial charge >= 0.3 is 6.18 Å². The van der Waals surface area contributed by atoms with Crippen molar-refractivity contribution in [3.63, 3.8) is 0 Å². The van der Waals surface area contributed by atoms with E-state index in [1.807, 2.05) is 0 Å². The maximum atomic E-state index is 12.9. The van der Waals surface area contributed by atoms with Crippen molar-refractivity contribution in [1.82, 2.24) is 0 Å². The normalized spacial score (nSPS) is 11.4. The number of carbonyl (C=O) groups is 1. The molecule has 112 valence electrons. The largest absolute Gasteiger partial charge is 0.418 e. The molecule has 0 fully saturated rings. The lowest BCUT2D eigenvalue weighted by Gasteiger charge is -2.15. The standard InChI is InChI=1S/C13H10ClF3N2OS/c14-10-3-1-2-9(13(15,16)17)11(10)19-5-8-4-7(6-21-8)12(18)20/h1-4,6,19H,5H2,(H2,18,20). The van der Waals surface area contributed by atoms with Gasteiger partial charge in [0.05, 0.1) is 21.8 Å². The molecule has 0 unspecified atom stereocenters. The van der Waals surface area contributed by atoms with Gasteiger partial charge in [-0.05, 0) is 18.2 Å². The highest BCUT2D eigenvalue weighted by Gasteiger charge is 2.34.